The number of nitrogens with one attached hydrogen (secondary N) is 1. The van der Waals surface area contributed by atoms with E-state index in [4.69, 9.17) is 9.16 Å². The minimum atomic E-state index is -2.76. The SMILES string of the molecule is CC(C)(C)[Si](OC[C@@H]1OC[C@H](n2cc(F)c(NC(=O)c3ccccc3)nc2=O)S1)(c1ccccc1)c1ccccc1. The van der Waals surface area contributed by atoms with Crippen molar-refractivity contribution in [1.29, 1.82) is 0 Å². The highest BCUT2D eigenvalue weighted by atomic mass is 32.2. The third-order valence-corrected chi connectivity index (χ3v) is 13.3. The summed E-state index contributed by atoms with van der Waals surface area (Å²) in [5.41, 5.74) is -0.708. The molecule has 1 N–H and O–H groups in total. The molecule has 1 fully saturated rings. The van der Waals surface area contributed by atoms with E-state index in [1.807, 2.05) is 36.4 Å². The molecular formula is C31H32FN3O4SSi. The lowest BCUT2D eigenvalue weighted by molar-refractivity contribution is 0.0848. The molecular weight excluding hydrogens is 558 g/mol. The molecule has 10 heteroatoms. The first-order valence-corrected chi connectivity index (χ1v) is 16.2. The summed E-state index contributed by atoms with van der Waals surface area (Å²) in [4.78, 5) is 29.1. The average Bonchev–Trinajstić information content (AvgIpc) is 3.45. The van der Waals surface area contributed by atoms with Crippen LogP contribution in [0.3, 0.4) is 0 Å². The smallest absolute Gasteiger partial charge is 0.350 e. The molecule has 0 saturated carbocycles. The molecule has 1 aliphatic rings. The normalized spacial score (nSPS) is 17.4. The molecule has 0 aliphatic carbocycles. The number of carbonyl (C=O) groups excluding carboxylic acids is 1. The topological polar surface area (TPSA) is 82.4 Å². The van der Waals surface area contributed by atoms with Gasteiger partial charge in [-0.2, -0.15) is 4.98 Å². The Balaban J connectivity index is 1.33. The summed E-state index contributed by atoms with van der Waals surface area (Å²) in [6.45, 7) is 7.10. The van der Waals surface area contributed by atoms with Crippen LogP contribution >= 0.6 is 11.8 Å². The summed E-state index contributed by atoms with van der Waals surface area (Å²) >= 11 is 1.39. The minimum Gasteiger partial charge on any atom is -0.404 e. The summed E-state index contributed by atoms with van der Waals surface area (Å²) in [5.74, 6) is -1.76. The molecule has 1 saturated heterocycles. The fourth-order valence-corrected chi connectivity index (χ4v) is 10.9. The number of hydrogen-bond acceptors (Lipinski definition) is 6. The van der Waals surface area contributed by atoms with Crippen molar-refractivity contribution >= 4 is 42.2 Å². The van der Waals surface area contributed by atoms with Crippen LogP contribution in [-0.4, -0.2) is 42.4 Å². The van der Waals surface area contributed by atoms with Crippen LogP contribution in [0.2, 0.25) is 5.04 Å². The standard InChI is InChI=1S/C31H32FN3O4SSi/c1-31(2,3)41(23-15-9-5-10-16-23,24-17-11-6-12-18-24)39-21-27-38-20-26(40-27)35-19-25(32)28(34-30(35)37)33-29(36)22-13-7-4-8-14-22/h4-19,26-27H,20-21H2,1-3H3,(H,33,34,36,37)/t26-,27-/m1/s1. The Morgan fingerprint density at radius 2 is 1.59 bits per heavy atom. The number of rotatable bonds is 8. The lowest BCUT2D eigenvalue weighted by atomic mass is 10.2. The third kappa shape index (κ3) is 6.06. The molecule has 0 spiro atoms. The van der Waals surface area contributed by atoms with Gasteiger partial charge in [0.15, 0.2) is 11.6 Å². The lowest BCUT2D eigenvalue weighted by Crippen LogP contribution is -2.67. The molecule has 3 aromatic carbocycles. The average molecular weight is 590 g/mol. The molecule has 5 rings (SSSR count). The van der Waals surface area contributed by atoms with Crippen LogP contribution in [-0.2, 0) is 9.16 Å². The van der Waals surface area contributed by atoms with Crippen LogP contribution < -0.4 is 21.4 Å². The second kappa shape index (κ2) is 12.1. The van der Waals surface area contributed by atoms with E-state index in [0.29, 0.717) is 12.2 Å². The molecule has 2 atom stereocenters. The van der Waals surface area contributed by atoms with Crippen LogP contribution in [0.1, 0.15) is 36.5 Å². The van der Waals surface area contributed by atoms with E-state index in [1.54, 1.807) is 30.3 Å². The van der Waals surface area contributed by atoms with Gasteiger partial charge in [0.25, 0.3) is 14.2 Å². The third-order valence-electron chi connectivity index (χ3n) is 7.07. The highest BCUT2D eigenvalue weighted by Gasteiger charge is 2.50. The van der Waals surface area contributed by atoms with Gasteiger partial charge in [0.1, 0.15) is 10.8 Å². The summed E-state index contributed by atoms with van der Waals surface area (Å²) in [5, 5.41) is 4.02. The van der Waals surface area contributed by atoms with E-state index in [1.165, 1.54) is 16.3 Å². The molecule has 1 amide bonds. The zero-order chi connectivity index (χ0) is 29.0. The number of carbonyl (C=O) groups is 1. The number of benzene rings is 3. The van der Waals surface area contributed by atoms with Gasteiger partial charge >= 0.3 is 5.69 Å². The first-order valence-electron chi connectivity index (χ1n) is 13.4. The Morgan fingerprint density at radius 3 is 2.15 bits per heavy atom. The maximum Gasteiger partial charge on any atom is 0.350 e. The van der Waals surface area contributed by atoms with E-state index in [0.717, 1.165) is 16.6 Å². The van der Waals surface area contributed by atoms with Crippen molar-refractivity contribution in [2.75, 3.05) is 18.5 Å². The van der Waals surface area contributed by atoms with E-state index in [-0.39, 0.29) is 17.1 Å². The van der Waals surface area contributed by atoms with Crippen LogP contribution in [0.15, 0.2) is 102 Å². The van der Waals surface area contributed by atoms with Crippen molar-refractivity contribution < 1.29 is 18.3 Å². The second-order valence-electron chi connectivity index (χ2n) is 10.8. The van der Waals surface area contributed by atoms with Crippen LogP contribution in [0.4, 0.5) is 10.2 Å². The van der Waals surface area contributed by atoms with Gasteiger partial charge in [-0.3, -0.25) is 9.36 Å². The zero-order valence-electron chi connectivity index (χ0n) is 23.1. The van der Waals surface area contributed by atoms with E-state index < -0.39 is 36.9 Å². The Bertz CT molecular complexity index is 1510. The van der Waals surface area contributed by atoms with Crippen LogP contribution in [0.5, 0.6) is 0 Å². The summed E-state index contributed by atoms with van der Waals surface area (Å²) in [7, 11) is -2.76. The largest absolute Gasteiger partial charge is 0.404 e. The number of aromatic nitrogens is 2. The molecule has 1 aromatic heterocycles. The number of anilines is 1. The first-order chi connectivity index (χ1) is 19.7. The Labute approximate surface area is 243 Å². The van der Waals surface area contributed by atoms with Gasteiger partial charge in [-0.15, -0.1) is 11.8 Å². The molecule has 2 heterocycles. The molecule has 41 heavy (non-hydrogen) atoms. The van der Waals surface area contributed by atoms with E-state index >= 15 is 0 Å². The van der Waals surface area contributed by atoms with Gasteiger partial charge in [-0.05, 0) is 27.5 Å². The molecule has 4 aromatic rings. The van der Waals surface area contributed by atoms with E-state index in [9.17, 15) is 14.0 Å². The Hall–Kier alpha value is -3.57. The van der Waals surface area contributed by atoms with Crippen molar-refractivity contribution in [2.24, 2.45) is 0 Å². The molecule has 0 radical (unpaired) electrons. The number of thioether (sulfide) groups is 1. The van der Waals surface area contributed by atoms with Gasteiger partial charge in [0.05, 0.1) is 13.2 Å². The maximum atomic E-state index is 15.0. The lowest BCUT2D eigenvalue weighted by Gasteiger charge is -2.43. The summed E-state index contributed by atoms with van der Waals surface area (Å²) in [6, 6.07) is 29.0. The van der Waals surface area contributed by atoms with Gasteiger partial charge < -0.3 is 14.5 Å². The highest BCUT2D eigenvalue weighted by Crippen LogP contribution is 2.40. The van der Waals surface area contributed by atoms with Crippen molar-refractivity contribution in [1.82, 2.24) is 9.55 Å². The number of hydrogen-bond donors (Lipinski definition) is 1. The number of nitrogens with zero attached hydrogens (tertiary/aromatic N) is 2. The van der Waals surface area contributed by atoms with Gasteiger partial charge in [-0.1, -0.05) is 99.6 Å². The predicted octanol–water partition coefficient (Wildman–Crippen LogP) is 4.80. The molecule has 7 nitrogen and oxygen atoms in total. The predicted molar refractivity (Wildman–Crippen MR) is 163 cm³/mol. The Kier molecular flexibility index (Phi) is 8.55. The van der Waals surface area contributed by atoms with Crippen LogP contribution in [0, 0.1) is 5.82 Å². The van der Waals surface area contributed by atoms with Gasteiger partial charge in [0.2, 0.25) is 0 Å². The molecule has 212 valence electrons. The second-order valence-corrected chi connectivity index (χ2v) is 16.4. The molecule has 0 unspecified atom stereocenters. The van der Waals surface area contributed by atoms with Crippen molar-refractivity contribution in [3.05, 3.63) is 119 Å². The summed E-state index contributed by atoms with van der Waals surface area (Å²) < 4.78 is 29.2. The quantitative estimate of drug-likeness (QED) is 0.298. The van der Waals surface area contributed by atoms with Crippen molar-refractivity contribution in [2.45, 2.75) is 36.6 Å². The monoisotopic (exact) mass is 589 g/mol. The molecule has 0 bridgehead atoms. The Morgan fingerprint density at radius 1 is 1.02 bits per heavy atom. The van der Waals surface area contributed by atoms with Crippen molar-refractivity contribution in [3.8, 4) is 0 Å². The van der Waals surface area contributed by atoms with Crippen molar-refractivity contribution in [3.63, 3.8) is 0 Å². The zero-order valence-corrected chi connectivity index (χ0v) is 24.9. The highest BCUT2D eigenvalue weighted by molar-refractivity contribution is 8.00. The maximum absolute atomic E-state index is 15.0. The summed E-state index contributed by atoms with van der Waals surface area (Å²) in [6.07, 6.45) is 1.07. The van der Waals surface area contributed by atoms with Gasteiger partial charge in [-0.25, -0.2) is 9.18 Å². The van der Waals surface area contributed by atoms with Gasteiger partial charge in [0, 0.05) is 11.8 Å². The minimum absolute atomic E-state index is 0.191. The fourth-order valence-electron chi connectivity index (χ4n) is 5.14. The first kappa shape index (κ1) is 28.9. The number of halogens is 1. The molecule has 1 aliphatic heterocycles. The number of amides is 1. The van der Waals surface area contributed by atoms with Crippen LogP contribution in [0.25, 0.3) is 0 Å². The van der Waals surface area contributed by atoms with E-state index in [2.05, 4.69) is 55.3 Å². The number of ether oxygens (including phenoxy) is 1. The fraction of sp³-hybridized carbons (Fsp3) is 0.258.